The topological polar surface area (TPSA) is 38.7 Å². The molecule has 2 atom stereocenters. The third-order valence-corrected chi connectivity index (χ3v) is 12.9. The first-order valence-corrected chi connectivity index (χ1v) is 20.1. The van der Waals surface area contributed by atoms with Gasteiger partial charge in [0.2, 0.25) is 0 Å². The maximum Gasteiger partial charge on any atom is 0.0970 e. The van der Waals surface area contributed by atoms with Crippen LogP contribution in [0.5, 0.6) is 0 Å². The molecule has 268 valence electrons. The molecule has 3 aromatic heterocycles. The number of allylic oxidation sites excluding steroid dienone is 14. The highest BCUT2D eigenvalue weighted by atomic mass is 14.7. The normalized spacial score (nSPS) is 18.2. The molecule has 3 heteroatoms. The van der Waals surface area contributed by atoms with Crippen LogP contribution in [0.15, 0.2) is 211 Å². The van der Waals surface area contributed by atoms with Crippen LogP contribution in [0.2, 0.25) is 0 Å². The summed E-state index contributed by atoms with van der Waals surface area (Å²) in [4.78, 5) is 15.0. The van der Waals surface area contributed by atoms with Crippen LogP contribution in [-0.4, -0.2) is 15.0 Å². The summed E-state index contributed by atoms with van der Waals surface area (Å²) in [5, 5.41) is 10.8. The molecule has 3 heterocycles. The minimum Gasteiger partial charge on any atom is -0.254 e. The van der Waals surface area contributed by atoms with E-state index in [9.17, 15) is 0 Å². The van der Waals surface area contributed by atoms with Crippen molar-refractivity contribution in [1.29, 1.82) is 0 Å². The first-order valence-electron chi connectivity index (χ1n) is 20.1. The van der Waals surface area contributed by atoms with E-state index in [0.29, 0.717) is 0 Å². The molecule has 0 aliphatic heterocycles. The molecule has 4 aliphatic rings. The molecule has 0 saturated carbocycles. The smallest absolute Gasteiger partial charge is 0.0970 e. The van der Waals surface area contributed by atoms with Gasteiger partial charge in [-0.05, 0) is 78.2 Å². The number of hydrogen-bond acceptors (Lipinski definition) is 3. The van der Waals surface area contributed by atoms with Gasteiger partial charge in [0.15, 0.2) is 0 Å². The second kappa shape index (κ2) is 12.0. The Labute approximate surface area is 334 Å². The van der Waals surface area contributed by atoms with Gasteiger partial charge in [0.1, 0.15) is 0 Å². The second-order valence-corrected chi connectivity index (χ2v) is 15.9. The summed E-state index contributed by atoms with van der Waals surface area (Å²) in [5.41, 5.74) is 15.4. The maximum absolute atomic E-state index is 5.51. The summed E-state index contributed by atoms with van der Waals surface area (Å²) in [5.74, 6) is 0.538. The molecule has 0 amide bonds. The first-order chi connectivity index (χ1) is 28.8. The van der Waals surface area contributed by atoms with Crippen LogP contribution in [0.3, 0.4) is 0 Å². The van der Waals surface area contributed by atoms with Crippen molar-refractivity contribution < 1.29 is 0 Å². The molecule has 13 rings (SSSR count). The summed E-state index contributed by atoms with van der Waals surface area (Å²) in [6, 6.07) is 45.9. The molecule has 0 radical (unpaired) electrons. The highest BCUT2D eigenvalue weighted by Crippen LogP contribution is 2.53. The molecule has 0 N–H and O–H groups in total. The Morgan fingerprint density at radius 2 is 1.10 bits per heavy atom. The Kier molecular flexibility index (Phi) is 6.56. The van der Waals surface area contributed by atoms with E-state index in [1.807, 2.05) is 18.5 Å². The van der Waals surface area contributed by atoms with Gasteiger partial charge >= 0.3 is 0 Å². The fraction of sp³-hybridized carbons (Fsp3) is 0.0364. The minimum atomic E-state index is 0.263. The fourth-order valence-corrected chi connectivity index (χ4v) is 10.3. The van der Waals surface area contributed by atoms with Crippen LogP contribution in [0, 0.1) is 11.8 Å². The second-order valence-electron chi connectivity index (χ2n) is 15.9. The molecule has 58 heavy (non-hydrogen) atoms. The van der Waals surface area contributed by atoms with Crippen molar-refractivity contribution in [2.24, 2.45) is 11.8 Å². The molecule has 3 nitrogen and oxygen atoms in total. The zero-order chi connectivity index (χ0) is 37.9. The summed E-state index contributed by atoms with van der Waals surface area (Å²) < 4.78 is 0. The molecular weight excluding hydrogens is 703 g/mol. The molecule has 0 fully saturated rings. The molecule has 2 unspecified atom stereocenters. The number of aromatic nitrogens is 3. The predicted octanol–water partition coefficient (Wildman–Crippen LogP) is 13.5. The van der Waals surface area contributed by atoms with Gasteiger partial charge in [-0.3, -0.25) is 9.97 Å². The molecule has 0 bridgehead atoms. The van der Waals surface area contributed by atoms with Crippen molar-refractivity contribution in [2.75, 3.05) is 0 Å². The van der Waals surface area contributed by atoms with E-state index in [4.69, 9.17) is 15.0 Å². The maximum atomic E-state index is 5.51. The summed E-state index contributed by atoms with van der Waals surface area (Å²) >= 11 is 0. The van der Waals surface area contributed by atoms with Gasteiger partial charge in [-0.15, -0.1) is 0 Å². The van der Waals surface area contributed by atoms with Crippen molar-refractivity contribution in [1.82, 2.24) is 15.0 Å². The third kappa shape index (κ3) is 4.47. The Balaban J connectivity index is 0.907. The first kappa shape index (κ1) is 31.7. The third-order valence-electron chi connectivity index (χ3n) is 12.9. The van der Waals surface area contributed by atoms with Gasteiger partial charge in [-0.1, -0.05) is 164 Å². The van der Waals surface area contributed by atoms with E-state index in [1.54, 1.807) is 0 Å². The van der Waals surface area contributed by atoms with E-state index < -0.39 is 0 Å². The quantitative estimate of drug-likeness (QED) is 0.170. The van der Waals surface area contributed by atoms with Crippen LogP contribution in [-0.2, 0) is 0 Å². The molecular formula is C55H33N3. The minimum absolute atomic E-state index is 0.263. The Bertz CT molecular complexity index is 3550. The van der Waals surface area contributed by atoms with Crippen LogP contribution >= 0.6 is 0 Å². The number of benzene rings is 6. The van der Waals surface area contributed by atoms with Crippen LogP contribution < -0.4 is 0 Å². The van der Waals surface area contributed by atoms with Gasteiger partial charge in [-0.2, -0.15) is 0 Å². The molecule has 0 spiro atoms. The zero-order valence-electron chi connectivity index (χ0n) is 31.4. The number of fused-ring (bicyclic) bond motifs is 11. The fourth-order valence-electron chi connectivity index (χ4n) is 10.3. The van der Waals surface area contributed by atoms with Crippen LogP contribution in [0.1, 0.15) is 11.1 Å². The zero-order valence-corrected chi connectivity index (χ0v) is 31.4. The standard InChI is InChI=1S/C55H33N3/c1-3-11-43-39(9-1)40-10-2-5-13-46(40)54-51(43)44-12-4-6-14-47(44)52(58-54)35-18-15-32(16-19-35)38-30-36-20-17-33-21-24-41(45-25-23-37(31-38)49(36)50(33)45)42-27-29-57-55-48(42)26-22-34-8-7-28-56-53(34)55/h1-31,49-50H. The van der Waals surface area contributed by atoms with Gasteiger partial charge in [0.05, 0.1) is 22.2 Å². The van der Waals surface area contributed by atoms with Crippen molar-refractivity contribution in [3.63, 3.8) is 0 Å². The summed E-state index contributed by atoms with van der Waals surface area (Å²) in [7, 11) is 0. The average molecular weight is 736 g/mol. The molecule has 9 aromatic rings. The molecule has 4 aliphatic carbocycles. The Morgan fingerprint density at radius 1 is 0.414 bits per heavy atom. The lowest BCUT2D eigenvalue weighted by molar-refractivity contribution is 0.568. The lowest BCUT2D eigenvalue weighted by Gasteiger charge is -2.41. The molecule has 0 saturated heterocycles. The lowest BCUT2D eigenvalue weighted by Crippen LogP contribution is -2.29. The van der Waals surface area contributed by atoms with Crippen molar-refractivity contribution in [3.05, 3.63) is 222 Å². The molecule has 6 aromatic carbocycles. The van der Waals surface area contributed by atoms with Gasteiger partial charge in [0.25, 0.3) is 0 Å². The number of rotatable bonds is 3. The van der Waals surface area contributed by atoms with E-state index in [-0.39, 0.29) is 11.8 Å². The van der Waals surface area contributed by atoms with Gasteiger partial charge in [-0.25, -0.2) is 4.98 Å². The van der Waals surface area contributed by atoms with E-state index in [0.717, 1.165) is 38.6 Å². The van der Waals surface area contributed by atoms with E-state index in [1.165, 1.54) is 82.3 Å². The number of nitrogens with zero attached hydrogens (tertiary/aromatic N) is 3. The van der Waals surface area contributed by atoms with Crippen molar-refractivity contribution >= 4 is 76.2 Å². The highest BCUT2D eigenvalue weighted by molar-refractivity contribution is 6.31. The Morgan fingerprint density at radius 3 is 1.95 bits per heavy atom. The lowest BCUT2D eigenvalue weighted by atomic mass is 9.61. The van der Waals surface area contributed by atoms with E-state index >= 15 is 0 Å². The largest absolute Gasteiger partial charge is 0.254 e. The van der Waals surface area contributed by atoms with Crippen LogP contribution in [0.4, 0.5) is 0 Å². The number of pyridine rings is 3. The average Bonchev–Trinajstić information content (AvgIpc) is 3.30. The summed E-state index contributed by atoms with van der Waals surface area (Å²) in [6.07, 6.45) is 22.6. The predicted molar refractivity (Wildman–Crippen MR) is 241 cm³/mol. The Hall–Kier alpha value is -7.49. The van der Waals surface area contributed by atoms with E-state index in [2.05, 4.69) is 170 Å². The van der Waals surface area contributed by atoms with Gasteiger partial charge in [0, 0.05) is 56.7 Å². The SMILES string of the molecule is C1=CC2=CC=C(c3ccnc4c3ccc3cccnc34)C3=CC=C4C=C(c5ccc(-c6nc7c8ccccc8c8ccccc8c7c7ccccc67)cc5)C=C1C4C23. The van der Waals surface area contributed by atoms with Crippen LogP contribution in [0.25, 0.3) is 87.4 Å². The number of hydrogen-bond donors (Lipinski definition) is 0. The monoisotopic (exact) mass is 735 g/mol. The summed E-state index contributed by atoms with van der Waals surface area (Å²) in [6.45, 7) is 0. The van der Waals surface area contributed by atoms with Gasteiger partial charge < -0.3 is 0 Å². The van der Waals surface area contributed by atoms with Crippen molar-refractivity contribution in [2.45, 2.75) is 0 Å². The highest BCUT2D eigenvalue weighted by Gasteiger charge is 2.40. The van der Waals surface area contributed by atoms with Crippen molar-refractivity contribution in [3.8, 4) is 11.3 Å².